The molecule has 0 saturated heterocycles. The Kier molecular flexibility index (Phi) is 6.59. The van der Waals surface area contributed by atoms with E-state index in [1.165, 1.54) is 18.2 Å². The van der Waals surface area contributed by atoms with E-state index >= 15 is 0 Å². The molecule has 170 valence electrons. The number of nitrogens with one attached hydrogen (secondary N) is 2. The Balaban J connectivity index is 1.45. The maximum atomic E-state index is 13.3. The number of carbonyl (C=O) groups excluding carboxylic acids is 3. The summed E-state index contributed by atoms with van der Waals surface area (Å²) in [6, 6.07) is 21.1. The number of para-hydroxylation sites is 1. The molecule has 0 radical (unpaired) electrons. The number of fused-ring (bicyclic) bond motifs is 1. The Morgan fingerprint density at radius 3 is 2.35 bits per heavy atom. The van der Waals surface area contributed by atoms with Crippen LogP contribution in [0.2, 0.25) is 0 Å². The normalized spacial score (nSPS) is 10.5. The molecule has 0 fully saturated rings. The van der Waals surface area contributed by atoms with Crippen LogP contribution in [-0.2, 0) is 9.53 Å². The first-order chi connectivity index (χ1) is 16.4. The number of halogens is 1. The largest absolute Gasteiger partial charge is 0.452 e. The molecule has 1 aromatic heterocycles. The van der Waals surface area contributed by atoms with E-state index in [4.69, 9.17) is 4.74 Å². The molecule has 3 aromatic carbocycles. The predicted octanol–water partition coefficient (Wildman–Crippen LogP) is 3.97. The minimum absolute atomic E-state index is 0.210. The van der Waals surface area contributed by atoms with Gasteiger partial charge in [0.25, 0.3) is 11.8 Å². The number of rotatable bonds is 5. The van der Waals surface area contributed by atoms with Crippen LogP contribution in [0.25, 0.3) is 22.2 Å². The lowest BCUT2D eigenvalue weighted by Crippen LogP contribution is -2.43. The van der Waals surface area contributed by atoms with Gasteiger partial charge in [0, 0.05) is 16.5 Å². The highest BCUT2D eigenvalue weighted by Crippen LogP contribution is 2.25. The van der Waals surface area contributed by atoms with Gasteiger partial charge in [0.15, 0.2) is 6.61 Å². The number of nitrogens with zero attached hydrogens (tertiary/aromatic N) is 1. The number of ether oxygens (including phenoxy) is 1. The van der Waals surface area contributed by atoms with E-state index in [1.54, 1.807) is 60.7 Å². The van der Waals surface area contributed by atoms with Gasteiger partial charge >= 0.3 is 5.97 Å². The van der Waals surface area contributed by atoms with Crippen LogP contribution in [0.5, 0.6) is 0 Å². The fourth-order valence-electron chi connectivity index (χ4n) is 3.26. The summed E-state index contributed by atoms with van der Waals surface area (Å²) in [6.07, 6.45) is 0. The number of carbonyl (C=O) groups is 3. The lowest BCUT2D eigenvalue weighted by Gasteiger charge is -2.11. The average molecular weight is 457 g/mol. The summed E-state index contributed by atoms with van der Waals surface area (Å²) in [4.78, 5) is 41.6. The van der Waals surface area contributed by atoms with Crippen LogP contribution in [0.3, 0.4) is 0 Å². The smallest absolute Gasteiger partial charge is 0.339 e. The third kappa shape index (κ3) is 5.24. The quantitative estimate of drug-likeness (QED) is 0.349. The first-order valence-electron chi connectivity index (χ1n) is 10.4. The number of aryl methyl sites for hydroxylation is 1. The van der Waals surface area contributed by atoms with Gasteiger partial charge < -0.3 is 4.74 Å². The third-order valence-electron chi connectivity index (χ3n) is 5.04. The average Bonchev–Trinajstić information content (AvgIpc) is 2.86. The van der Waals surface area contributed by atoms with Gasteiger partial charge in [-0.05, 0) is 55.5 Å². The van der Waals surface area contributed by atoms with Crippen LogP contribution in [0, 0.1) is 12.7 Å². The lowest BCUT2D eigenvalue weighted by molar-refractivity contribution is -0.125. The van der Waals surface area contributed by atoms with Crippen LogP contribution in [0.1, 0.15) is 26.3 Å². The molecule has 0 aliphatic rings. The van der Waals surface area contributed by atoms with Crippen molar-refractivity contribution >= 4 is 28.7 Å². The molecule has 7 nitrogen and oxygen atoms in total. The fourth-order valence-corrected chi connectivity index (χ4v) is 3.26. The van der Waals surface area contributed by atoms with Gasteiger partial charge in [-0.1, -0.05) is 35.9 Å². The number of hydrogen-bond donors (Lipinski definition) is 2. The molecule has 1 heterocycles. The summed E-state index contributed by atoms with van der Waals surface area (Å²) in [5, 5.41) is 0.548. The summed E-state index contributed by atoms with van der Waals surface area (Å²) >= 11 is 0. The molecule has 0 aliphatic carbocycles. The first kappa shape index (κ1) is 22.6. The Labute approximate surface area is 194 Å². The molecule has 0 aliphatic heterocycles. The Morgan fingerprint density at radius 2 is 1.62 bits per heavy atom. The van der Waals surface area contributed by atoms with Crippen molar-refractivity contribution in [2.45, 2.75) is 6.92 Å². The second kappa shape index (κ2) is 9.91. The lowest BCUT2D eigenvalue weighted by atomic mass is 10.0. The summed E-state index contributed by atoms with van der Waals surface area (Å²) in [5.74, 6) is -2.32. The van der Waals surface area contributed by atoms with E-state index in [-0.39, 0.29) is 11.4 Å². The van der Waals surface area contributed by atoms with Crippen LogP contribution in [0.4, 0.5) is 4.39 Å². The summed E-state index contributed by atoms with van der Waals surface area (Å²) < 4.78 is 18.5. The molecule has 0 unspecified atom stereocenters. The van der Waals surface area contributed by atoms with Crippen molar-refractivity contribution < 1.29 is 23.5 Å². The van der Waals surface area contributed by atoms with Crippen molar-refractivity contribution in [1.29, 1.82) is 0 Å². The van der Waals surface area contributed by atoms with E-state index in [0.29, 0.717) is 27.7 Å². The van der Waals surface area contributed by atoms with Crippen molar-refractivity contribution in [2.24, 2.45) is 0 Å². The zero-order valence-corrected chi connectivity index (χ0v) is 18.2. The van der Waals surface area contributed by atoms with E-state index in [1.807, 2.05) is 6.92 Å². The predicted molar refractivity (Wildman–Crippen MR) is 124 cm³/mol. The van der Waals surface area contributed by atoms with E-state index < -0.39 is 24.4 Å². The zero-order chi connectivity index (χ0) is 24.1. The van der Waals surface area contributed by atoms with Gasteiger partial charge in [-0.3, -0.25) is 20.4 Å². The second-order valence-electron chi connectivity index (χ2n) is 7.52. The van der Waals surface area contributed by atoms with Crippen molar-refractivity contribution in [1.82, 2.24) is 15.8 Å². The maximum absolute atomic E-state index is 13.3. The summed E-state index contributed by atoms with van der Waals surface area (Å²) in [5.41, 5.74) is 7.71. The van der Waals surface area contributed by atoms with Crippen molar-refractivity contribution in [3.8, 4) is 11.3 Å². The number of hydrogen-bond acceptors (Lipinski definition) is 5. The highest BCUT2D eigenvalue weighted by atomic mass is 19.1. The second-order valence-corrected chi connectivity index (χ2v) is 7.52. The molecule has 34 heavy (non-hydrogen) atoms. The van der Waals surface area contributed by atoms with Gasteiger partial charge in [0.1, 0.15) is 5.82 Å². The molecule has 0 spiro atoms. The summed E-state index contributed by atoms with van der Waals surface area (Å²) in [6.45, 7) is 1.29. The molecular weight excluding hydrogens is 437 g/mol. The van der Waals surface area contributed by atoms with Gasteiger partial charge in [0.2, 0.25) is 0 Å². The number of amides is 2. The minimum atomic E-state index is -0.734. The third-order valence-corrected chi connectivity index (χ3v) is 5.04. The highest BCUT2D eigenvalue weighted by Gasteiger charge is 2.17. The molecule has 4 rings (SSSR count). The SMILES string of the molecule is Cc1ccc(C(=O)NNC(=O)COC(=O)c2cc(-c3ccc(F)cc3)nc3ccccc23)cc1. The topological polar surface area (TPSA) is 97.4 Å². The number of benzene rings is 3. The number of pyridine rings is 1. The van der Waals surface area contributed by atoms with Crippen molar-refractivity contribution in [3.63, 3.8) is 0 Å². The Morgan fingerprint density at radius 1 is 0.912 bits per heavy atom. The van der Waals surface area contributed by atoms with Crippen LogP contribution >= 0.6 is 0 Å². The maximum Gasteiger partial charge on any atom is 0.339 e. The summed E-state index contributed by atoms with van der Waals surface area (Å²) in [7, 11) is 0. The van der Waals surface area contributed by atoms with Gasteiger partial charge in [-0.2, -0.15) is 0 Å². The van der Waals surface area contributed by atoms with Gasteiger partial charge in [0.05, 0.1) is 16.8 Å². The first-order valence-corrected chi connectivity index (χ1v) is 10.4. The molecule has 2 N–H and O–H groups in total. The molecule has 4 aromatic rings. The molecule has 0 saturated carbocycles. The molecule has 2 amide bonds. The minimum Gasteiger partial charge on any atom is -0.452 e. The number of aromatic nitrogens is 1. The van der Waals surface area contributed by atoms with Crippen LogP contribution in [0.15, 0.2) is 78.9 Å². The standard InChI is InChI=1S/C26H20FN3O4/c1-16-6-8-18(9-7-16)25(32)30-29-24(31)15-34-26(33)21-14-23(17-10-12-19(27)13-11-17)28-22-5-3-2-4-20(21)22/h2-14H,15H2,1H3,(H,29,31)(H,30,32). The van der Waals surface area contributed by atoms with E-state index in [9.17, 15) is 18.8 Å². The van der Waals surface area contributed by atoms with Crippen molar-refractivity contribution in [2.75, 3.05) is 6.61 Å². The molecular formula is C26H20FN3O4. The number of hydrazine groups is 1. The molecule has 0 bridgehead atoms. The van der Waals surface area contributed by atoms with Gasteiger partial charge in [-0.15, -0.1) is 0 Å². The highest BCUT2D eigenvalue weighted by molar-refractivity contribution is 6.05. The van der Waals surface area contributed by atoms with Crippen LogP contribution in [-0.4, -0.2) is 29.4 Å². The van der Waals surface area contributed by atoms with Crippen LogP contribution < -0.4 is 10.9 Å². The Bertz CT molecular complexity index is 1370. The van der Waals surface area contributed by atoms with E-state index in [2.05, 4.69) is 15.8 Å². The fraction of sp³-hybridized carbons (Fsp3) is 0.0769. The molecule has 8 heteroatoms. The van der Waals surface area contributed by atoms with E-state index in [0.717, 1.165) is 5.56 Å². The monoisotopic (exact) mass is 457 g/mol. The number of esters is 1. The van der Waals surface area contributed by atoms with Crippen molar-refractivity contribution in [3.05, 3.63) is 101 Å². The zero-order valence-electron chi connectivity index (χ0n) is 18.2. The molecule has 0 atom stereocenters. The van der Waals surface area contributed by atoms with Gasteiger partial charge in [-0.25, -0.2) is 14.2 Å². The Hall–Kier alpha value is -4.59.